The molecule has 2 aromatic rings. The van der Waals surface area contributed by atoms with Crippen LogP contribution in [0.4, 0.5) is 5.69 Å². The van der Waals surface area contributed by atoms with Gasteiger partial charge < -0.3 is 0 Å². The fourth-order valence-electron chi connectivity index (χ4n) is 1.48. The highest BCUT2D eigenvalue weighted by Gasteiger charge is 2.15. The molecule has 2 rings (SSSR count). The van der Waals surface area contributed by atoms with Gasteiger partial charge in [-0.3, -0.25) is 19.9 Å². The van der Waals surface area contributed by atoms with E-state index >= 15 is 0 Å². The Morgan fingerprint density at radius 3 is 2.90 bits per heavy atom. The van der Waals surface area contributed by atoms with E-state index in [1.165, 1.54) is 18.3 Å². The first-order valence-electron chi connectivity index (χ1n) is 5.75. The Labute approximate surface area is 124 Å². The molecule has 0 radical (unpaired) electrons. The van der Waals surface area contributed by atoms with Crippen molar-refractivity contribution in [3.63, 3.8) is 0 Å². The summed E-state index contributed by atoms with van der Waals surface area (Å²) in [6, 6.07) is 7.25. The van der Waals surface area contributed by atoms with Gasteiger partial charge in [0.2, 0.25) is 0 Å². The molecular weight excluding hydrogens is 296 g/mol. The first-order valence-corrected chi connectivity index (χ1v) is 6.13. The van der Waals surface area contributed by atoms with Crippen LogP contribution < -0.4 is 5.43 Å². The third-order valence-electron chi connectivity index (χ3n) is 2.47. The predicted octanol–water partition coefficient (Wildman–Crippen LogP) is 2.41. The lowest BCUT2D eigenvalue weighted by molar-refractivity contribution is -0.384. The highest BCUT2D eigenvalue weighted by Crippen LogP contribution is 2.24. The molecule has 0 saturated carbocycles. The van der Waals surface area contributed by atoms with E-state index in [-0.39, 0.29) is 16.3 Å². The summed E-state index contributed by atoms with van der Waals surface area (Å²) in [6.07, 6.45) is 4.60. The minimum atomic E-state index is -0.655. The number of hydrogen-bond acceptors (Lipinski definition) is 5. The van der Waals surface area contributed by atoms with Gasteiger partial charge >= 0.3 is 0 Å². The molecule has 106 valence electrons. The molecule has 1 aromatic heterocycles. The normalized spacial score (nSPS) is 10.5. The van der Waals surface area contributed by atoms with Gasteiger partial charge in [-0.05, 0) is 18.2 Å². The van der Waals surface area contributed by atoms with E-state index in [0.29, 0.717) is 5.56 Å². The number of nitrogens with zero attached hydrogens (tertiary/aromatic N) is 3. The van der Waals surface area contributed by atoms with E-state index in [9.17, 15) is 14.9 Å². The van der Waals surface area contributed by atoms with Crippen LogP contribution >= 0.6 is 11.6 Å². The second-order valence-electron chi connectivity index (χ2n) is 3.91. The molecule has 0 saturated heterocycles. The van der Waals surface area contributed by atoms with Crippen LogP contribution in [-0.2, 0) is 0 Å². The zero-order valence-corrected chi connectivity index (χ0v) is 11.3. The van der Waals surface area contributed by atoms with Gasteiger partial charge in [0.25, 0.3) is 11.6 Å². The molecule has 7 nitrogen and oxygen atoms in total. The minimum absolute atomic E-state index is 0.0320. The quantitative estimate of drug-likeness (QED) is 0.533. The summed E-state index contributed by atoms with van der Waals surface area (Å²) in [6.45, 7) is 0. The van der Waals surface area contributed by atoms with Crippen LogP contribution in [0, 0.1) is 10.1 Å². The fraction of sp³-hybridized carbons (Fsp3) is 0. The molecule has 0 aliphatic rings. The Hall–Kier alpha value is -2.80. The first-order chi connectivity index (χ1) is 10.1. The number of nitro benzene ring substituents is 1. The Bertz CT molecular complexity index is 704. The number of rotatable bonds is 4. The van der Waals surface area contributed by atoms with Gasteiger partial charge in [0, 0.05) is 29.6 Å². The molecule has 1 N–H and O–H groups in total. The van der Waals surface area contributed by atoms with E-state index in [1.807, 2.05) is 0 Å². The number of nitrogens with one attached hydrogen (secondary N) is 1. The molecule has 1 amide bonds. The molecule has 0 unspecified atom stereocenters. The van der Waals surface area contributed by atoms with Gasteiger partial charge in [-0.15, -0.1) is 0 Å². The van der Waals surface area contributed by atoms with E-state index in [2.05, 4.69) is 15.5 Å². The highest BCUT2D eigenvalue weighted by atomic mass is 35.5. The van der Waals surface area contributed by atoms with Crippen LogP contribution in [0.5, 0.6) is 0 Å². The van der Waals surface area contributed by atoms with Crippen molar-refractivity contribution < 1.29 is 9.72 Å². The molecular formula is C13H9ClN4O3. The van der Waals surface area contributed by atoms with Gasteiger partial charge in [-0.25, -0.2) is 5.43 Å². The number of benzene rings is 1. The van der Waals surface area contributed by atoms with E-state index in [4.69, 9.17) is 11.6 Å². The third-order valence-corrected chi connectivity index (χ3v) is 2.79. The van der Waals surface area contributed by atoms with Crippen molar-refractivity contribution in [3.8, 4) is 0 Å². The largest absolute Gasteiger partial charge is 0.288 e. The maximum Gasteiger partial charge on any atom is 0.288 e. The number of pyridine rings is 1. The van der Waals surface area contributed by atoms with Crippen molar-refractivity contribution in [2.24, 2.45) is 5.10 Å². The lowest BCUT2D eigenvalue weighted by Gasteiger charge is -2.01. The van der Waals surface area contributed by atoms with Gasteiger partial charge in [0.15, 0.2) is 0 Å². The molecule has 0 atom stereocenters. The molecule has 21 heavy (non-hydrogen) atoms. The molecule has 0 fully saturated rings. The summed E-state index contributed by atoms with van der Waals surface area (Å²) in [5.41, 5.74) is 2.74. The number of amides is 1. The maximum atomic E-state index is 11.8. The smallest absolute Gasteiger partial charge is 0.267 e. The van der Waals surface area contributed by atoms with E-state index in [1.54, 1.807) is 24.5 Å². The number of hydrazone groups is 1. The zero-order valence-electron chi connectivity index (χ0n) is 10.6. The summed E-state index contributed by atoms with van der Waals surface area (Å²) >= 11 is 5.67. The van der Waals surface area contributed by atoms with Crippen LogP contribution in [0.25, 0.3) is 0 Å². The van der Waals surface area contributed by atoms with Crippen LogP contribution in [0.15, 0.2) is 47.8 Å². The molecule has 1 heterocycles. The van der Waals surface area contributed by atoms with Crippen molar-refractivity contribution in [1.82, 2.24) is 10.4 Å². The number of halogens is 1. The summed E-state index contributed by atoms with van der Waals surface area (Å²) < 4.78 is 0. The first kappa shape index (κ1) is 14.6. The van der Waals surface area contributed by atoms with E-state index in [0.717, 1.165) is 6.07 Å². The Kier molecular flexibility index (Phi) is 4.57. The lowest BCUT2D eigenvalue weighted by Crippen LogP contribution is -2.17. The van der Waals surface area contributed by atoms with Crippen LogP contribution in [0.3, 0.4) is 0 Å². The van der Waals surface area contributed by atoms with Crippen LogP contribution in [0.2, 0.25) is 5.02 Å². The third kappa shape index (κ3) is 3.83. The highest BCUT2D eigenvalue weighted by molar-refractivity contribution is 6.32. The average Bonchev–Trinajstić information content (AvgIpc) is 2.48. The lowest BCUT2D eigenvalue weighted by atomic mass is 10.2. The summed E-state index contributed by atoms with van der Waals surface area (Å²) in [5.74, 6) is -0.574. The number of aromatic nitrogens is 1. The second-order valence-corrected chi connectivity index (χ2v) is 4.32. The fourth-order valence-corrected chi connectivity index (χ4v) is 1.66. The number of carbonyl (C=O) groups is 1. The van der Waals surface area contributed by atoms with Gasteiger partial charge in [-0.2, -0.15) is 5.10 Å². The summed E-state index contributed by atoms with van der Waals surface area (Å²) in [5, 5.41) is 14.5. The minimum Gasteiger partial charge on any atom is -0.267 e. The van der Waals surface area contributed by atoms with Crippen molar-refractivity contribution in [3.05, 3.63) is 69.0 Å². The monoisotopic (exact) mass is 304 g/mol. The maximum absolute atomic E-state index is 11.8. The summed E-state index contributed by atoms with van der Waals surface area (Å²) in [7, 11) is 0. The van der Waals surface area contributed by atoms with Gasteiger partial charge in [0.05, 0.1) is 11.1 Å². The number of hydrogen-bond donors (Lipinski definition) is 1. The second kappa shape index (κ2) is 6.58. The molecule has 8 heteroatoms. The number of nitro groups is 1. The Balaban J connectivity index is 2.09. The molecule has 0 bridgehead atoms. The topological polar surface area (TPSA) is 97.5 Å². The van der Waals surface area contributed by atoms with Crippen molar-refractivity contribution in [1.29, 1.82) is 0 Å². The Morgan fingerprint density at radius 1 is 1.43 bits per heavy atom. The van der Waals surface area contributed by atoms with E-state index < -0.39 is 10.8 Å². The van der Waals surface area contributed by atoms with Gasteiger partial charge in [0.1, 0.15) is 5.02 Å². The van der Waals surface area contributed by atoms with Crippen molar-refractivity contribution in [2.75, 3.05) is 0 Å². The Morgan fingerprint density at radius 2 is 2.24 bits per heavy atom. The van der Waals surface area contributed by atoms with Crippen molar-refractivity contribution in [2.45, 2.75) is 0 Å². The zero-order chi connectivity index (χ0) is 15.2. The van der Waals surface area contributed by atoms with Crippen LogP contribution in [0.1, 0.15) is 15.9 Å². The van der Waals surface area contributed by atoms with Crippen LogP contribution in [-0.4, -0.2) is 22.0 Å². The van der Waals surface area contributed by atoms with Gasteiger partial charge in [-0.1, -0.05) is 17.7 Å². The standard InChI is InChI=1S/C13H9ClN4O3/c14-11-4-3-10(6-12(11)18(20)21)13(19)17-16-8-9-2-1-5-15-7-9/h1-8H,(H,17,19)/b16-8-. The molecule has 0 aliphatic carbocycles. The predicted molar refractivity (Wildman–Crippen MR) is 77.4 cm³/mol. The molecule has 1 aromatic carbocycles. The van der Waals surface area contributed by atoms with Crippen molar-refractivity contribution >= 4 is 29.4 Å². The molecule has 0 aliphatic heterocycles. The average molecular weight is 305 g/mol. The molecule has 0 spiro atoms. The number of carbonyl (C=O) groups excluding carboxylic acids is 1. The SMILES string of the molecule is O=C(N/N=C\c1cccnc1)c1ccc(Cl)c([N+](=O)[O-])c1. The summed E-state index contributed by atoms with van der Waals surface area (Å²) in [4.78, 5) is 25.8.